The van der Waals surface area contributed by atoms with Crippen LogP contribution in [0.25, 0.3) is 0 Å². The highest BCUT2D eigenvalue weighted by molar-refractivity contribution is 6.33. The zero-order chi connectivity index (χ0) is 7.56. The van der Waals surface area contributed by atoms with Gasteiger partial charge in [-0.2, -0.15) is 0 Å². The van der Waals surface area contributed by atoms with Crippen LogP contribution in [0.5, 0.6) is 0 Å². The largest absolute Gasteiger partial charge is 0.366 e. The van der Waals surface area contributed by atoms with Crippen LogP contribution in [0, 0.1) is 6.07 Å². The lowest BCUT2D eigenvalue weighted by atomic mass is 10.2. The van der Waals surface area contributed by atoms with Crippen LogP contribution in [0.4, 0.5) is 0 Å². The third-order valence-electron chi connectivity index (χ3n) is 1.08. The van der Waals surface area contributed by atoms with Crippen molar-refractivity contribution in [3.05, 3.63) is 34.9 Å². The first-order chi connectivity index (χ1) is 4.72. The van der Waals surface area contributed by atoms with E-state index in [1.54, 1.807) is 12.1 Å². The van der Waals surface area contributed by atoms with Gasteiger partial charge in [-0.1, -0.05) is 17.7 Å². The second-order valence-electron chi connectivity index (χ2n) is 1.77. The van der Waals surface area contributed by atoms with Crippen LogP contribution < -0.4 is 5.73 Å². The Morgan fingerprint density at radius 3 is 2.80 bits per heavy atom. The molecular formula is C7H5ClNO. The number of nitrogens with two attached hydrogens (primary N) is 1. The van der Waals surface area contributed by atoms with Crippen LogP contribution in [0.3, 0.4) is 0 Å². The molecule has 1 amide bonds. The number of hydrogen-bond donors (Lipinski definition) is 1. The van der Waals surface area contributed by atoms with Crippen molar-refractivity contribution in [1.29, 1.82) is 0 Å². The van der Waals surface area contributed by atoms with Crippen molar-refractivity contribution in [3.63, 3.8) is 0 Å². The molecular weight excluding hydrogens is 150 g/mol. The van der Waals surface area contributed by atoms with Gasteiger partial charge in [-0.3, -0.25) is 4.79 Å². The summed E-state index contributed by atoms with van der Waals surface area (Å²) in [6.07, 6.45) is 0. The van der Waals surface area contributed by atoms with Gasteiger partial charge in [-0.25, -0.2) is 0 Å². The summed E-state index contributed by atoms with van der Waals surface area (Å²) >= 11 is 5.60. The number of amides is 1. The summed E-state index contributed by atoms with van der Waals surface area (Å²) in [4.78, 5) is 10.5. The van der Waals surface area contributed by atoms with Crippen LogP contribution in [-0.4, -0.2) is 5.91 Å². The van der Waals surface area contributed by atoms with E-state index in [1.165, 1.54) is 6.07 Å². The number of halogens is 1. The van der Waals surface area contributed by atoms with Gasteiger partial charge in [0.2, 0.25) is 5.91 Å². The Hall–Kier alpha value is -1.02. The molecule has 0 aliphatic carbocycles. The quantitative estimate of drug-likeness (QED) is 0.650. The van der Waals surface area contributed by atoms with Crippen LogP contribution in [0.2, 0.25) is 5.02 Å². The molecule has 0 saturated carbocycles. The summed E-state index contributed by atoms with van der Waals surface area (Å²) in [6.45, 7) is 0. The van der Waals surface area contributed by atoms with Crippen molar-refractivity contribution in [2.24, 2.45) is 5.73 Å². The van der Waals surface area contributed by atoms with E-state index in [1.807, 2.05) is 0 Å². The zero-order valence-electron chi connectivity index (χ0n) is 5.10. The summed E-state index contributed by atoms with van der Waals surface area (Å²) in [5, 5.41) is 0.367. The predicted octanol–water partition coefficient (Wildman–Crippen LogP) is 1.24. The lowest BCUT2D eigenvalue weighted by Crippen LogP contribution is -2.11. The molecule has 0 aliphatic heterocycles. The van der Waals surface area contributed by atoms with Crippen molar-refractivity contribution >= 4 is 17.5 Å². The predicted molar refractivity (Wildman–Crippen MR) is 38.8 cm³/mol. The number of carbonyl (C=O) groups is 1. The van der Waals surface area contributed by atoms with Crippen molar-refractivity contribution in [1.82, 2.24) is 0 Å². The molecule has 0 aliphatic rings. The van der Waals surface area contributed by atoms with E-state index in [-0.39, 0.29) is 0 Å². The van der Waals surface area contributed by atoms with Crippen molar-refractivity contribution < 1.29 is 4.79 Å². The number of benzene rings is 1. The fourth-order valence-electron chi connectivity index (χ4n) is 0.600. The lowest BCUT2D eigenvalue weighted by Gasteiger charge is -1.95. The molecule has 0 fully saturated rings. The highest BCUT2D eigenvalue weighted by Gasteiger charge is 2.02. The highest BCUT2D eigenvalue weighted by Crippen LogP contribution is 2.12. The molecule has 51 valence electrons. The molecule has 0 spiro atoms. The van der Waals surface area contributed by atoms with E-state index in [2.05, 4.69) is 6.07 Å². The number of hydrogen-bond acceptors (Lipinski definition) is 1. The molecule has 0 saturated heterocycles. The summed E-state index contributed by atoms with van der Waals surface area (Å²) in [5.41, 5.74) is 5.28. The minimum Gasteiger partial charge on any atom is -0.366 e. The normalized spacial score (nSPS) is 9.30. The summed E-state index contributed by atoms with van der Waals surface area (Å²) in [6, 6.07) is 7.35. The topological polar surface area (TPSA) is 43.1 Å². The molecule has 0 unspecified atom stereocenters. The van der Waals surface area contributed by atoms with Gasteiger partial charge in [-0.05, 0) is 18.2 Å². The molecule has 1 aromatic rings. The average molecular weight is 155 g/mol. The Morgan fingerprint density at radius 2 is 2.40 bits per heavy atom. The third kappa shape index (κ3) is 1.28. The highest BCUT2D eigenvalue weighted by atomic mass is 35.5. The SMILES string of the molecule is NC(=O)c1c[c]ccc1Cl. The molecule has 2 nitrogen and oxygen atoms in total. The third-order valence-corrected chi connectivity index (χ3v) is 1.41. The summed E-state index contributed by atoms with van der Waals surface area (Å²) in [7, 11) is 0. The average Bonchev–Trinajstić information content (AvgIpc) is 1.88. The molecule has 1 aromatic carbocycles. The zero-order valence-corrected chi connectivity index (χ0v) is 5.85. The van der Waals surface area contributed by atoms with Crippen molar-refractivity contribution in [2.45, 2.75) is 0 Å². The maximum Gasteiger partial charge on any atom is 0.250 e. The maximum absolute atomic E-state index is 10.5. The van der Waals surface area contributed by atoms with Crippen LogP contribution in [-0.2, 0) is 0 Å². The molecule has 0 heterocycles. The molecule has 3 heteroatoms. The van der Waals surface area contributed by atoms with E-state index in [4.69, 9.17) is 17.3 Å². The summed E-state index contributed by atoms with van der Waals surface area (Å²) < 4.78 is 0. The first-order valence-electron chi connectivity index (χ1n) is 2.67. The van der Waals surface area contributed by atoms with E-state index < -0.39 is 5.91 Å². The van der Waals surface area contributed by atoms with Gasteiger partial charge in [0.25, 0.3) is 0 Å². The Bertz CT molecular complexity index is 260. The van der Waals surface area contributed by atoms with E-state index >= 15 is 0 Å². The van der Waals surface area contributed by atoms with E-state index in [9.17, 15) is 4.79 Å². The van der Waals surface area contributed by atoms with Gasteiger partial charge in [0.1, 0.15) is 0 Å². The smallest absolute Gasteiger partial charge is 0.250 e. The molecule has 10 heavy (non-hydrogen) atoms. The molecule has 0 aromatic heterocycles. The second-order valence-corrected chi connectivity index (χ2v) is 2.18. The lowest BCUT2D eigenvalue weighted by molar-refractivity contribution is 0.100. The van der Waals surface area contributed by atoms with Gasteiger partial charge in [0, 0.05) is 0 Å². The maximum atomic E-state index is 10.5. The van der Waals surface area contributed by atoms with Gasteiger partial charge in [0.05, 0.1) is 10.6 Å². The number of carbonyl (C=O) groups excluding carboxylic acids is 1. The minimum absolute atomic E-state index is 0.309. The van der Waals surface area contributed by atoms with Gasteiger partial charge >= 0.3 is 0 Å². The fourth-order valence-corrected chi connectivity index (χ4v) is 0.811. The fraction of sp³-hybridized carbons (Fsp3) is 0. The Labute approximate surface area is 63.6 Å². The summed E-state index contributed by atoms with van der Waals surface area (Å²) in [5.74, 6) is -0.526. The standard InChI is InChI=1S/C7H5ClNO/c8-6-4-2-1-3-5(6)7(9)10/h2-4H,(H2,9,10). The Balaban J connectivity index is 3.15. The second kappa shape index (κ2) is 2.71. The molecule has 2 N–H and O–H groups in total. The van der Waals surface area contributed by atoms with E-state index in [0.29, 0.717) is 10.6 Å². The van der Waals surface area contributed by atoms with Crippen molar-refractivity contribution in [3.8, 4) is 0 Å². The number of rotatable bonds is 1. The van der Waals surface area contributed by atoms with Crippen LogP contribution in [0.1, 0.15) is 10.4 Å². The molecule has 1 radical (unpaired) electrons. The monoisotopic (exact) mass is 154 g/mol. The van der Waals surface area contributed by atoms with E-state index in [0.717, 1.165) is 0 Å². The molecule has 0 atom stereocenters. The van der Waals surface area contributed by atoms with Crippen molar-refractivity contribution in [2.75, 3.05) is 0 Å². The first kappa shape index (κ1) is 7.09. The van der Waals surface area contributed by atoms with Crippen LogP contribution in [0.15, 0.2) is 18.2 Å². The first-order valence-corrected chi connectivity index (χ1v) is 3.05. The van der Waals surface area contributed by atoms with Gasteiger partial charge < -0.3 is 5.73 Å². The van der Waals surface area contributed by atoms with Gasteiger partial charge in [-0.15, -0.1) is 0 Å². The minimum atomic E-state index is -0.526. The van der Waals surface area contributed by atoms with Gasteiger partial charge in [0.15, 0.2) is 0 Å². The molecule has 0 bridgehead atoms. The number of primary amides is 1. The molecule has 1 rings (SSSR count). The Kier molecular flexibility index (Phi) is 1.92. The Morgan fingerprint density at radius 1 is 1.70 bits per heavy atom. The van der Waals surface area contributed by atoms with Crippen LogP contribution >= 0.6 is 11.6 Å².